The topological polar surface area (TPSA) is 49.3 Å². The van der Waals surface area contributed by atoms with Crippen molar-refractivity contribution >= 4 is 23.4 Å². The summed E-state index contributed by atoms with van der Waals surface area (Å²) < 4.78 is 0. The number of anilines is 1. The van der Waals surface area contributed by atoms with Gasteiger partial charge in [-0.2, -0.15) is 0 Å². The Morgan fingerprint density at radius 2 is 1.64 bits per heavy atom. The van der Waals surface area contributed by atoms with E-state index in [1.807, 2.05) is 60.7 Å². The first-order valence-electron chi connectivity index (χ1n) is 7.20. The highest BCUT2D eigenvalue weighted by molar-refractivity contribution is 7.99. The summed E-state index contributed by atoms with van der Waals surface area (Å²) in [5.41, 5.74) is 0.773. The van der Waals surface area contributed by atoms with Crippen LogP contribution in [0.15, 0.2) is 60.7 Å². The Morgan fingerprint density at radius 1 is 1.09 bits per heavy atom. The molecule has 0 saturated carbocycles. The number of carbonyl (C=O) groups is 1. The van der Waals surface area contributed by atoms with Gasteiger partial charge in [0.1, 0.15) is 5.25 Å². The molecule has 0 aromatic heterocycles. The highest BCUT2D eigenvalue weighted by Gasteiger charge is 2.33. The molecule has 4 heteroatoms. The van der Waals surface area contributed by atoms with E-state index in [4.69, 9.17) is 0 Å². The fourth-order valence-electron chi connectivity index (χ4n) is 2.08. The SMILES string of the molecule is CC(C)(O)C(SCc1ccccc1)C(=O)Nc1ccccc1. The van der Waals surface area contributed by atoms with Crippen LogP contribution in [0.5, 0.6) is 0 Å². The van der Waals surface area contributed by atoms with Gasteiger partial charge in [-0.05, 0) is 31.5 Å². The molecule has 1 unspecified atom stereocenters. The molecule has 0 spiro atoms. The number of thioether (sulfide) groups is 1. The maximum absolute atomic E-state index is 12.5. The average Bonchev–Trinajstić information content (AvgIpc) is 2.48. The zero-order chi connectivity index (χ0) is 16.0. The van der Waals surface area contributed by atoms with Crippen molar-refractivity contribution in [2.24, 2.45) is 0 Å². The van der Waals surface area contributed by atoms with Gasteiger partial charge in [0, 0.05) is 11.4 Å². The third-order valence-electron chi connectivity index (χ3n) is 3.18. The van der Waals surface area contributed by atoms with Crippen molar-refractivity contribution in [2.75, 3.05) is 5.32 Å². The van der Waals surface area contributed by atoms with E-state index in [-0.39, 0.29) is 5.91 Å². The molecule has 2 aromatic carbocycles. The first kappa shape index (κ1) is 16.6. The van der Waals surface area contributed by atoms with E-state index in [1.54, 1.807) is 13.8 Å². The van der Waals surface area contributed by atoms with Crippen molar-refractivity contribution in [1.82, 2.24) is 0 Å². The molecule has 0 aliphatic heterocycles. The highest BCUT2D eigenvalue weighted by Crippen LogP contribution is 2.28. The summed E-state index contributed by atoms with van der Waals surface area (Å²) in [6, 6.07) is 19.2. The third-order valence-corrected chi connectivity index (χ3v) is 4.80. The maximum atomic E-state index is 12.5. The fraction of sp³-hybridized carbons (Fsp3) is 0.278. The van der Waals surface area contributed by atoms with Gasteiger partial charge >= 0.3 is 0 Å². The van der Waals surface area contributed by atoms with Crippen LogP contribution >= 0.6 is 11.8 Å². The van der Waals surface area contributed by atoms with E-state index in [2.05, 4.69) is 5.32 Å². The number of hydrogen-bond acceptors (Lipinski definition) is 3. The molecular weight excluding hydrogens is 294 g/mol. The lowest BCUT2D eigenvalue weighted by molar-refractivity contribution is -0.119. The number of nitrogens with one attached hydrogen (secondary N) is 1. The van der Waals surface area contributed by atoms with E-state index in [0.717, 1.165) is 11.3 Å². The van der Waals surface area contributed by atoms with Crippen molar-refractivity contribution < 1.29 is 9.90 Å². The lowest BCUT2D eigenvalue weighted by Gasteiger charge is -2.28. The summed E-state index contributed by atoms with van der Waals surface area (Å²) in [7, 11) is 0. The normalized spacial score (nSPS) is 12.7. The Kier molecular flexibility index (Phi) is 5.63. The first-order valence-corrected chi connectivity index (χ1v) is 8.25. The molecule has 0 radical (unpaired) electrons. The Morgan fingerprint density at radius 3 is 2.18 bits per heavy atom. The summed E-state index contributed by atoms with van der Waals surface area (Å²) >= 11 is 1.45. The minimum atomic E-state index is -1.10. The van der Waals surface area contributed by atoms with Gasteiger partial charge in [0.05, 0.1) is 5.60 Å². The Labute approximate surface area is 135 Å². The van der Waals surface area contributed by atoms with Crippen LogP contribution in [0.1, 0.15) is 19.4 Å². The highest BCUT2D eigenvalue weighted by atomic mass is 32.2. The van der Waals surface area contributed by atoms with Crippen LogP contribution in [0, 0.1) is 0 Å². The molecule has 1 atom stereocenters. The molecule has 1 amide bonds. The van der Waals surface area contributed by atoms with Crippen LogP contribution in [-0.2, 0) is 10.5 Å². The molecule has 2 rings (SSSR count). The van der Waals surface area contributed by atoms with Crippen LogP contribution in [0.3, 0.4) is 0 Å². The molecule has 0 bridgehead atoms. The smallest absolute Gasteiger partial charge is 0.240 e. The predicted octanol–water partition coefficient (Wildman–Crippen LogP) is 3.70. The van der Waals surface area contributed by atoms with E-state index in [9.17, 15) is 9.90 Å². The van der Waals surface area contributed by atoms with Gasteiger partial charge < -0.3 is 10.4 Å². The van der Waals surface area contributed by atoms with Gasteiger partial charge in [-0.25, -0.2) is 0 Å². The number of amides is 1. The van der Waals surface area contributed by atoms with Crippen LogP contribution in [0.4, 0.5) is 5.69 Å². The van der Waals surface area contributed by atoms with Crippen LogP contribution in [0.25, 0.3) is 0 Å². The van der Waals surface area contributed by atoms with Crippen molar-refractivity contribution in [3.63, 3.8) is 0 Å². The minimum absolute atomic E-state index is 0.181. The predicted molar refractivity (Wildman–Crippen MR) is 92.9 cm³/mol. The van der Waals surface area contributed by atoms with Gasteiger partial charge in [-0.1, -0.05) is 48.5 Å². The molecule has 0 saturated heterocycles. The third kappa shape index (κ3) is 4.90. The van der Waals surface area contributed by atoms with Crippen molar-refractivity contribution in [3.8, 4) is 0 Å². The zero-order valence-electron chi connectivity index (χ0n) is 12.8. The fourth-order valence-corrected chi connectivity index (χ4v) is 3.25. The summed E-state index contributed by atoms with van der Waals surface area (Å²) in [5, 5.41) is 12.6. The average molecular weight is 315 g/mol. The van der Waals surface area contributed by atoms with Crippen molar-refractivity contribution in [3.05, 3.63) is 66.2 Å². The van der Waals surface area contributed by atoms with E-state index in [0.29, 0.717) is 5.75 Å². The lowest BCUT2D eigenvalue weighted by atomic mass is 10.0. The minimum Gasteiger partial charge on any atom is -0.389 e. The standard InChI is InChI=1S/C18H21NO2S/c1-18(2,21)16(22-13-14-9-5-3-6-10-14)17(20)19-15-11-7-4-8-12-15/h3-12,16,21H,13H2,1-2H3,(H,19,20). The molecule has 2 aromatic rings. The molecule has 0 heterocycles. The van der Waals surface area contributed by atoms with Gasteiger partial charge in [-0.15, -0.1) is 11.8 Å². The zero-order valence-corrected chi connectivity index (χ0v) is 13.6. The van der Waals surface area contributed by atoms with Gasteiger partial charge in [0.15, 0.2) is 0 Å². The van der Waals surface area contributed by atoms with Gasteiger partial charge in [0.25, 0.3) is 0 Å². The molecule has 0 aliphatic rings. The van der Waals surface area contributed by atoms with Gasteiger partial charge in [0.2, 0.25) is 5.91 Å². The summed E-state index contributed by atoms with van der Waals surface area (Å²) in [6.45, 7) is 3.33. The number of benzene rings is 2. The second-order valence-electron chi connectivity index (χ2n) is 5.69. The Balaban J connectivity index is 2.04. The molecule has 22 heavy (non-hydrogen) atoms. The van der Waals surface area contributed by atoms with Crippen molar-refractivity contribution in [1.29, 1.82) is 0 Å². The largest absolute Gasteiger partial charge is 0.389 e. The summed E-state index contributed by atoms with van der Waals surface area (Å²) in [6.07, 6.45) is 0. The molecule has 0 aliphatic carbocycles. The van der Waals surface area contributed by atoms with E-state index in [1.165, 1.54) is 11.8 Å². The molecule has 2 N–H and O–H groups in total. The van der Waals surface area contributed by atoms with Crippen LogP contribution in [0.2, 0.25) is 0 Å². The van der Waals surface area contributed by atoms with E-state index < -0.39 is 10.9 Å². The number of carbonyl (C=O) groups excluding carboxylic acids is 1. The maximum Gasteiger partial charge on any atom is 0.240 e. The second kappa shape index (κ2) is 7.47. The molecule has 0 fully saturated rings. The summed E-state index contributed by atoms with van der Waals surface area (Å²) in [4.78, 5) is 12.5. The number of hydrogen-bond donors (Lipinski definition) is 2. The first-order chi connectivity index (χ1) is 10.5. The second-order valence-corrected chi connectivity index (χ2v) is 6.78. The Hall–Kier alpha value is -1.78. The molecular formula is C18H21NO2S. The molecule has 3 nitrogen and oxygen atoms in total. The number of aliphatic hydroxyl groups is 1. The monoisotopic (exact) mass is 315 g/mol. The Bertz CT molecular complexity index is 593. The van der Waals surface area contributed by atoms with Crippen LogP contribution < -0.4 is 5.32 Å². The quantitative estimate of drug-likeness (QED) is 0.854. The molecule has 116 valence electrons. The number of rotatable bonds is 6. The number of para-hydroxylation sites is 1. The van der Waals surface area contributed by atoms with Crippen LogP contribution in [-0.4, -0.2) is 21.9 Å². The van der Waals surface area contributed by atoms with E-state index >= 15 is 0 Å². The summed E-state index contributed by atoms with van der Waals surface area (Å²) in [5.74, 6) is 0.497. The van der Waals surface area contributed by atoms with Crippen molar-refractivity contribution in [2.45, 2.75) is 30.5 Å². The van der Waals surface area contributed by atoms with Gasteiger partial charge in [-0.3, -0.25) is 4.79 Å². The lowest BCUT2D eigenvalue weighted by Crippen LogP contribution is -2.42.